The molecule has 3 aliphatic rings. The number of hydrogen-bond donors (Lipinski definition) is 1. The highest BCUT2D eigenvalue weighted by molar-refractivity contribution is 9.10. The van der Waals surface area contributed by atoms with Gasteiger partial charge in [-0.15, -0.1) is 0 Å². The Kier molecular flexibility index (Phi) is 6.63. The van der Waals surface area contributed by atoms with E-state index in [1.807, 2.05) is 6.20 Å². The Morgan fingerprint density at radius 3 is 2.62 bits per heavy atom. The molecule has 2 aromatic rings. The minimum atomic E-state index is 0.165. The van der Waals surface area contributed by atoms with Gasteiger partial charge < -0.3 is 10.2 Å². The Morgan fingerprint density at radius 1 is 1.09 bits per heavy atom. The molecular weight excluding hydrogens is 464 g/mol. The van der Waals surface area contributed by atoms with E-state index in [2.05, 4.69) is 62.2 Å². The zero-order valence-corrected chi connectivity index (χ0v) is 20.5. The molecule has 170 valence electrons. The molecule has 5 rings (SSSR count). The van der Waals surface area contributed by atoms with E-state index in [9.17, 15) is 4.79 Å². The summed E-state index contributed by atoms with van der Waals surface area (Å²) in [6.07, 6.45) is 6.97. The lowest BCUT2D eigenvalue weighted by Crippen LogP contribution is -2.50. The lowest BCUT2D eigenvalue weighted by molar-refractivity contribution is -0.134. The molecule has 1 amide bonds. The van der Waals surface area contributed by atoms with Crippen molar-refractivity contribution in [2.45, 2.75) is 45.1 Å². The third kappa shape index (κ3) is 4.63. The van der Waals surface area contributed by atoms with Crippen LogP contribution in [0.2, 0.25) is 0 Å². The standard InChI is InChI=1S/C26H33BrN4O/c1-18-2-5-23-20(14-18)3-4-21-16-22(27)17-29-25(21)26(23)31-12-10-30(11-13-31)24(32)15-19-6-8-28-9-7-19/h2,5,14,16-17,19,26,28H,3-4,6-13,15H2,1H3. The van der Waals surface area contributed by atoms with E-state index >= 15 is 0 Å². The molecule has 3 heterocycles. The summed E-state index contributed by atoms with van der Waals surface area (Å²) in [7, 11) is 0. The summed E-state index contributed by atoms with van der Waals surface area (Å²) in [5.41, 5.74) is 6.66. The van der Waals surface area contributed by atoms with Gasteiger partial charge in [-0.2, -0.15) is 0 Å². The number of benzene rings is 1. The summed E-state index contributed by atoms with van der Waals surface area (Å²) in [5.74, 6) is 0.893. The fraction of sp³-hybridized carbons (Fsp3) is 0.538. The minimum Gasteiger partial charge on any atom is -0.340 e. The third-order valence-electron chi connectivity index (χ3n) is 7.44. The van der Waals surface area contributed by atoms with Crippen molar-refractivity contribution < 1.29 is 4.79 Å². The lowest BCUT2D eigenvalue weighted by atomic mass is 9.93. The first-order valence-corrected chi connectivity index (χ1v) is 12.8. The largest absolute Gasteiger partial charge is 0.340 e. The molecular formula is C26H33BrN4O. The van der Waals surface area contributed by atoms with Crippen molar-refractivity contribution in [3.05, 3.63) is 62.9 Å². The maximum Gasteiger partial charge on any atom is 0.222 e. The molecule has 2 saturated heterocycles. The van der Waals surface area contributed by atoms with Crippen LogP contribution in [0.3, 0.4) is 0 Å². The first kappa shape index (κ1) is 22.1. The lowest BCUT2D eigenvalue weighted by Gasteiger charge is -2.40. The molecule has 0 bridgehead atoms. The number of pyridine rings is 1. The van der Waals surface area contributed by atoms with Gasteiger partial charge in [0.15, 0.2) is 0 Å². The van der Waals surface area contributed by atoms with Crippen molar-refractivity contribution in [3.8, 4) is 0 Å². The van der Waals surface area contributed by atoms with E-state index in [0.29, 0.717) is 18.2 Å². The predicted molar refractivity (Wildman–Crippen MR) is 131 cm³/mol. The number of fused-ring (bicyclic) bond motifs is 2. The normalized spacial score (nSPS) is 22.2. The van der Waals surface area contributed by atoms with Crippen molar-refractivity contribution >= 4 is 21.8 Å². The van der Waals surface area contributed by atoms with Crippen LogP contribution in [0, 0.1) is 12.8 Å². The second-order valence-electron chi connectivity index (χ2n) is 9.62. The van der Waals surface area contributed by atoms with Gasteiger partial charge >= 0.3 is 0 Å². The Hall–Kier alpha value is -1.76. The summed E-state index contributed by atoms with van der Waals surface area (Å²) in [6, 6.07) is 9.30. The third-order valence-corrected chi connectivity index (χ3v) is 7.87. The molecule has 1 aromatic heterocycles. The van der Waals surface area contributed by atoms with Gasteiger partial charge in [0.1, 0.15) is 0 Å². The number of amides is 1. The molecule has 2 fully saturated rings. The van der Waals surface area contributed by atoms with E-state index in [4.69, 9.17) is 4.98 Å². The average molecular weight is 497 g/mol. The van der Waals surface area contributed by atoms with Crippen LogP contribution in [-0.2, 0) is 17.6 Å². The highest BCUT2D eigenvalue weighted by Crippen LogP contribution is 2.37. The number of carbonyl (C=O) groups is 1. The molecule has 2 aliphatic heterocycles. The Morgan fingerprint density at radius 2 is 1.84 bits per heavy atom. The van der Waals surface area contributed by atoms with Crippen molar-refractivity contribution in [1.29, 1.82) is 0 Å². The molecule has 1 aliphatic carbocycles. The Labute approximate surface area is 199 Å². The summed E-state index contributed by atoms with van der Waals surface area (Å²) in [5, 5.41) is 3.40. The van der Waals surface area contributed by atoms with Gasteiger partial charge in [0, 0.05) is 43.3 Å². The van der Waals surface area contributed by atoms with Gasteiger partial charge in [-0.3, -0.25) is 14.7 Å². The second kappa shape index (κ2) is 9.62. The number of hydrogen-bond acceptors (Lipinski definition) is 4. The number of rotatable bonds is 3. The summed E-state index contributed by atoms with van der Waals surface area (Å²) >= 11 is 3.62. The number of aromatic nitrogens is 1. The van der Waals surface area contributed by atoms with E-state index in [1.54, 1.807) is 0 Å². The monoisotopic (exact) mass is 496 g/mol. The first-order valence-electron chi connectivity index (χ1n) is 12.0. The van der Waals surface area contributed by atoms with Crippen molar-refractivity contribution in [3.63, 3.8) is 0 Å². The number of nitrogens with one attached hydrogen (secondary N) is 1. The van der Waals surface area contributed by atoms with E-state index in [1.165, 1.54) is 27.9 Å². The SMILES string of the molecule is Cc1ccc2c(c1)CCc1cc(Br)cnc1C2N1CCN(C(=O)CC2CCNCC2)CC1. The van der Waals surface area contributed by atoms with Gasteiger partial charge in [-0.05, 0) is 90.3 Å². The molecule has 5 nitrogen and oxygen atoms in total. The maximum absolute atomic E-state index is 12.9. The molecule has 32 heavy (non-hydrogen) atoms. The van der Waals surface area contributed by atoms with Crippen LogP contribution in [0.1, 0.15) is 53.3 Å². The van der Waals surface area contributed by atoms with Crippen LogP contribution >= 0.6 is 15.9 Å². The zero-order chi connectivity index (χ0) is 22.1. The van der Waals surface area contributed by atoms with E-state index < -0.39 is 0 Å². The Balaban J connectivity index is 1.35. The number of piperazine rings is 1. The molecule has 0 saturated carbocycles. The number of halogens is 1. The second-order valence-corrected chi connectivity index (χ2v) is 10.5. The fourth-order valence-electron chi connectivity index (χ4n) is 5.63. The topological polar surface area (TPSA) is 48.5 Å². The molecule has 1 N–H and O–H groups in total. The smallest absolute Gasteiger partial charge is 0.222 e. The van der Waals surface area contributed by atoms with E-state index in [-0.39, 0.29) is 6.04 Å². The minimum absolute atomic E-state index is 0.165. The van der Waals surface area contributed by atoms with Crippen LogP contribution in [0.5, 0.6) is 0 Å². The zero-order valence-electron chi connectivity index (χ0n) is 18.9. The van der Waals surface area contributed by atoms with Crippen LogP contribution in [-0.4, -0.2) is 60.0 Å². The van der Waals surface area contributed by atoms with Gasteiger partial charge in [0.2, 0.25) is 5.91 Å². The number of carbonyl (C=O) groups excluding carboxylic acids is 1. The quantitative estimate of drug-likeness (QED) is 0.700. The molecule has 1 atom stereocenters. The molecule has 1 unspecified atom stereocenters. The maximum atomic E-state index is 12.9. The van der Waals surface area contributed by atoms with Crippen LogP contribution < -0.4 is 5.32 Å². The molecule has 0 radical (unpaired) electrons. The van der Waals surface area contributed by atoms with Gasteiger partial charge in [0.05, 0.1) is 11.7 Å². The molecule has 6 heteroatoms. The number of piperidine rings is 1. The molecule has 0 spiro atoms. The predicted octanol–water partition coefficient (Wildman–Crippen LogP) is 3.87. The highest BCUT2D eigenvalue weighted by Gasteiger charge is 2.33. The summed E-state index contributed by atoms with van der Waals surface area (Å²) in [6.45, 7) is 7.69. The fourth-order valence-corrected chi connectivity index (χ4v) is 6.01. The van der Waals surface area contributed by atoms with Gasteiger partial charge in [-0.25, -0.2) is 0 Å². The van der Waals surface area contributed by atoms with Crippen LogP contribution in [0.15, 0.2) is 34.9 Å². The van der Waals surface area contributed by atoms with Crippen LogP contribution in [0.25, 0.3) is 0 Å². The summed E-state index contributed by atoms with van der Waals surface area (Å²) in [4.78, 5) is 22.5. The highest BCUT2D eigenvalue weighted by atomic mass is 79.9. The first-order chi connectivity index (χ1) is 15.6. The average Bonchev–Trinajstić information content (AvgIpc) is 2.96. The molecule has 1 aromatic carbocycles. The number of nitrogens with zero attached hydrogens (tertiary/aromatic N) is 3. The number of aryl methyl sites for hydroxylation is 3. The van der Waals surface area contributed by atoms with Gasteiger partial charge in [0.25, 0.3) is 0 Å². The van der Waals surface area contributed by atoms with Crippen LogP contribution in [0.4, 0.5) is 0 Å². The van der Waals surface area contributed by atoms with Crippen molar-refractivity contribution in [2.75, 3.05) is 39.3 Å². The summed E-state index contributed by atoms with van der Waals surface area (Å²) < 4.78 is 1.05. The Bertz CT molecular complexity index is 926. The van der Waals surface area contributed by atoms with E-state index in [0.717, 1.165) is 69.4 Å². The van der Waals surface area contributed by atoms with Gasteiger partial charge in [-0.1, -0.05) is 23.8 Å². The van der Waals surface area contributed by atoms with Crippen molar-refractivity contribution in [1.82, 2.24) is 20.1 Å². The van der Waals surface area contributed by atoms with Crippen molar-refractivity contribution in [2.24, 2.45) is 5.92 Å².